The number of likely N-dealkylation sites (tertiary alicyclic amines) is 1. The fraction of sp³-hybridized carbons (Fsp3) is 0.353. The maximum atomic E-state index is 13.4. The molecule has 3 heterocycles. The van der Waals surface area contributed by atoms with E-state index in [2.05, 4.69) is 37.9 Å². The second kappa shape index (κ2) is 7.34. The number of aromatic nitrogens is 4. The standard InChI is InChI=1S/C17H16ClFIN5O/c18-14-13-16(20)23-25(9-12(26)24-7-6-11(19)8-24)17(13)22-21-15(14)10-4-2-1-3-5-10/h1-5,11-12,26H,6-9H2/t11-,12?/m1/s1. The second-order valence-corrected chi connectivity index (χ2v) is 7.66. The molecule has 1 aromatic carbocycles. The minimum absolute atomic E-state index is 0.182. The summed E-state index contributed by atoms with van der Waals surface area (Å²) in [5.41, 5.74) is 1.98. The molecule has 0 aliphatic carbocycles. The van der Waals surface area contributed by atoms with E-state index in [1.54, 1.807) is 9.58 Å². The van der Waals surface area contributed by atoms with Crippen LogP contribution in [0.15, 0.2) is 30.3 Å². The Hall–Kier alpha value is -1.36. The van der Waals surface area contributed by atoms with Gasteiger partial charge in [0.1, 0.15) is 21.8 Å². The lowest BCUT2D eigenvalue weighted by atomic mass is 10.1. The van der Waals surface area contributed by atoms with Crippen LogP contribution < -0.4 is 0 Å². The molecule has 1 saturated heterocycles. The number of fused-ring (bicyclic) bond motifs is 1. The summed E-state index contributed by atoms with van der Waals surface area (Å²) < 4.78 is 15.6. The van der Waals surface area contributed by atoms with Gasteiger partial charge in [0.2, 0.25) is 0 Å². The molecule has 136 valence electrons. The van der Waals surface area contributed by atoms with Gasteiger partial charge in [-0.3, -0.25) is 4.90 Å². The predicted molar refractivity (Wildman–Crippen MR) is 106 cm³/mol. The van der Waals surface area contributed by atoms with E-state index in [4.69, 9.17) is 11.6 Å². The topological polar surface area (TPSA) is 67.1 Å². The van der Waals surface area contributed by atoms with Gasteiger partial charge in [0.15, 0.2) is 5.65 Å². The van der Waals surface area contributed by atoms with Crippen molar-refractivity contribution in [3.05, 3.63) is 39.1 Å². The highest BCUT2D eigenvalue weighted by Gasteiger charge is 2.28. The lowest BCUT2D eigenvalue weighted by molar-refractivity contribution is 0.00184. The van der Waals surface area contributed by atoms with E-state index in [-0.39, 0.29) is 13.1 Å². The summed E-state index contributed by atoms with van der Waals surface area (Å²) >= 11 is 8.69. The van der Waals surface area contributed by atoms with Crippen molar-refractivity contribution in [2.24, 2.45) is 0 Å². The normalized spacial score (nSPS) is 19.3. The van der Waals surface area contributed by atoms with Gasteiger partial charge in [-0.1, -0.05) is 41.9 Å². The summed E-state index contributed by atoms with van der Waals surface area (Å²) in [6.07, 6.45) is -1.27. The Morgan fingerprint density at radius 1 is 1.31 bits per heavy atom. The van der Waals surface area contributed by atoms with E-state index in [0.29, 0.717) is 38.4 Å². The van der Waals surface area contributed by atoms with Crippen molar-refractivity contribution in [1.82, 2.24) is 24.9 Å². The number of alkyl halides is 1. The van der Waals surface area contributed by atoms with E-state index in [9.17, 15) is 9.50 Å². The van der Waals surface area contributed by atoms with Gasteiger partial charge in [-0.2, -0.15) is 5.10 Å². The first-order valence-electron chi connectivity index (χ1n) is 8.24. The Balaban J connectivity index is 1.69. The first-order chi connectivity index (χ1) is 12.5. The highest BCUT2D eigenvalue weighted by Crippen LogP contribution is 2.33. The van der Waals surface area contributed by atoms with Crippen molar-refractivity contribution in [3.63, 3.8) is 0 Å². The smallest absolute Gasteiger partial charge is 0.183 e. The molecule has 0 bridgehead atoms. The quantitative estimate of drug-likeness (QED) is 0.573. The minimum atomic E-state index is -0.887. The van der Waals surface area contributed by atoms with Crippen LogP contribution in [0.5, 0.6) is 0 Å². The van der Waals surface area contributed by atoms with Crippen LogP contribution in [0.3, 0.4) is 0 Å². The summed E-state index contributed by atoms with van der Waals surface area (Å²) in [4.78, 5) is 1.71. The molecule has 0 spiro atoms. The monoisotopic (exact) mass is 487 g/mol. The molecule has 1 aliphatic heterocycles. The second-order valence-electron chi connectivity index (χ2n) is 6.26. The van der Waals surface area contributed by atoms with Gasteiger partial charge in [0.05, 0.1) is 17.0 Å². The van der Waals surface area contributed by atoms with Gasteiger partial charge in [-0.15, -0.1) is 10.2 Å². The lowest BCUT2D eigenvalue weighted by Gasteiger charge is -2.22. The summed E-state index contributed by atoms with van der Waals surface area (Å²) in [5.74, 6) is 0. The van der Waals surface area contributed by atoms with Gasteiger partial charge in [-0.05, 0) is 29.0 Å². The predicted octanol–water partition coefficient (Wildman–Crippen LogP) is 3.11. The van der Waals surface area contributed by atoms with Crippen molar-refractivity contribution in [1.29, 1.82) is 0 Å². The number of aliphatic hydroxyl groups excluding tert-OH is 1. The molecule has 0 radical (unpaired) electrons. The van der Waals surface area contributed by atoms with Crippen molar-refractivity contribution < 1.29 is 9.50 Å². The zero-order valence-corrected chi connectivity index (χ0v) is 16.6. The van der Waals surface area contributed by atoms with Gasteiger partial charge in [0.25, 0.3) is 0 Å². The summed E-state index contributed by atoms with van der Waals surface area (Å²) in [6, 6.07) is 9.59. The maximum absolute atomic E-state index is 13.4. The molecule has 9 heteroatoms. The molecule has 6 nitrogen and oxygen atoms in total. The number of hydrogen-bond acceptors (Lipinski definition) is 5. The van der Waals surface area contributed by atoms with Crippen molar-refractivity contribution >= 4 is 45.2 Å². The molecule has 1 aliphatic rings. The number of halogens is 3. The Morgan fingerprint density at radius 3 is 2.77 bits per heavy atom. The van der Waals surface area contributed by atoms with Gasteiger partial charge in [0, 0.05) is 18.7 Å². The summed E-state index contributed by atoms with van der Waals surface area (Å²) in [5, 5.41) is 24.6. The molecular weight excluding hydrogens is 472 g/mol. The SMILES string of the molecule is OC(Cn1nc(I)c2c(Cl)c(-c3ccccc3)nnc21)N1CC[C@@H](F)C1. The Labute approximate surface area is 168 Å². The average molecular weight is 488 g/mol. The minimum Gasteiger partial charge on any atom is -0.376 e. The average Bonchev–Trinajstić information content (AvgIpc) is 3.20. The van der Waals surface area contributed by atoms with E-state index < -0.39 is 12.4 Å². The number of benzene rings is 1. The van der Waals surface area contributed by atoms with Crippen molar-refractivity contribution in [3.8, 4) is 11.3 Å². The largest absolute Gasteiger partial charge is 0.376 e. The van der Waals surface area contributed by atoms with Crippen LogP contribution in [0.2, 0.25) is 5.02 Å². The van der Waals surface area contributed by atoms with Crippen molar-refractivity contribution in [2.75, 3.05) is 13.1 Å². The third kappa shape index (κ3) is 3.30. The zero-order valence-electron chi connectivity index (χ0n) is 13.7. The molecule has 26 heavy (non-hydrogen) atoms. The molecule has 0 saturated carbocycles. The molecule has 1 unspecified atom stereocenters. The number of rotatable bonds is 4. The third-order valence-electron chi connectivity index (χ3n) is 4.52. The van der Waals surface area contributed by atoms with Crippen LogP contribution in [-0.4, -0.2) is 55.5 Å². The molecule has 1 N–H and O–H groups in total. The van der Waals surface area contributed by atoms with E-state index in [1.165, 1.54) is 0 Å². The molecule has 3 aromatic rings. The first kappa shape index (κ1) is 18.0. The van der Waals surface area contributed by atoms with Crippen LogP contribution in [0.25, 0.3) is 22.3 Å². The highest BCUT2D eigenvalue weighted by molar-refractivity contribution is 14.1. The zero-order chi connectivity index (χ0) is 18.3. The van der Waals surface area contributed by atoms with Gasteiger partial charge >= 0.3 is 0 Å². The molecule has 4 rings (SSSR count). The van der Waals surface area contributed by atoms with Crippen LogP contribution >= 0.6 is 34.2 Å². The fourth-order valence-corrected chi connectivity index (χ4v) is 4.42. The Kier molecular flexibility index (Phi) is 5.09. The van der Waals surface area contributed by atoms with Gasteiger partial charge < -0.3 is 5.11 Å². The Morgan fingerprint density at radius 2 is 2.08 bits per heavy atom. The first-order valence-corrected chi connectivity index (χ1v) is 9.70. The van der Waals surface area contributed by atoms with Crippen LogP contribution in [0.1, 0.15) is 6.42 Å². The van der Waals surface area contributed by atoms with Crippen LogP contribution in [-0.2, 0) is 6.54 Å². The molecule has 2 atom stereocenters. The van der Waals surface area contributed by atoms with E-state index in [1.807, 2.05) is 30.3 Å². The lowest BCUT2D eigenvalue weighted by Crippen LogP contribution is -2.37. The fourth-order valence-electron chi connectivity index (χ4n) is 3.17. The summed E-state index contributed by atoms with van der Waals surface area (Å²) in [7, 11) is 0. The third-order valence-corrected chi connectivity index (χ3v) is 5.65. The number of aliphatic hydroxyl groups is 1. The number of nitrogens with zero attached hydrogens (tertiary/aromatic N) is 5. The summed E-state index contributed by atoms with van der Waals surface area (Å²) in [6.45, 7) is 0.952. The molecular formula is C17H16ClFIN5O. The van der Waals surface area contributed by atoms with E-state index >= 15 is 0 Å². The molecule has 0 amide bonds. The van der Waals surface area contributed by atoms with Crippen LogP contribution in [0.4, 0.5) is 4.39 Å². The van der Waals surface area contributed by atoms with Crippen molar-refractivity contribution in [2.45, 2.75) is 25.4 Å². The molecule has 2 aromatic heterocycles. The van der Waals surface area contributed by atoms with Gasteiger partial charge in [-0.25, -0.2) is 9.07 Å². The number of hydrogen-bond donors (Lipinski definition) is 1. The van der Waals surface area contributed by atoms with E-state index in [0.717, 1.165) is 5.56 Å². The molecule has 1 fully saturated rings. The van der Waals surface area contributed by atoms with Crippen LogP contribution in [0, 0.1) is 3.70 Å². The highest BCUT2D eigenvalue weighted by atomic mass is 127. The maximum Gasteiger partial charge on any atom is 0.183 e. The Bertz CT molecular complexity index is 938.